The minimum absolute atomic E-state index is 0.115. The number of carbonyl (C=O) groups is 1. The number of nitrogens with zero attached hydrogens (tertiary/aromatic N) is 4. The van der Waals surface area contributed by atoms with Crippen molar-refractivity contribution in [2.24, 2.45) is 0 Å². The summed E-state index contributed by atoms with van der Waals surface area (Å²) in [7, 11) is 0. The summed E-state index contributed by atoms with van der Waals surface area (Å²) in [4.78, 5) is 26.5. The molecule has 3 aliphatic rings. The lowest BCUT2D eigenvalue weighted by atomic mass is 9.99. The zero-order valence-corrected chi connectivity index (χ0v) is 24.3. The van der Waals surface area contributed by atoms with Crippen molar-refractivity contribution in [1.29, 1.82) is 0 Å². The van der Waals surface area contributed by atoms with Crippen molar-refractivity contribution in [3.63, 3.8) is 0 Å². The van der Waals surface area contributed by atoms with Crippen LogP contribution in [0.1, 0.15) is 48.5 Å². The van der Waals surface area contributed by atoms with Gasteiger partial charge in [-0.1, -0.05) is 42.5 Å². The number of hydrogen-bond acceptors (Lipinski definition) is 6. The van der Waals surface area contributed by atoms with Gasteiger partial charge in [0.1, 0.15) is 5.82 Å². The third-order valence-electron chi connectivity index (χ3n) is 8.96. The molecule has 0 radical (unpaired) electrons. The number of pyridine rings is 1. The number of aromatic nitrogens is 1. The topological polar surface area (TPSA) is 58.1 Å². The van der Waals surface area contributed by atoms with Crippen LogP contribution in [0.3, 0.4) is 0 Å². The van der Waals surface area contributed by atoms with Crippen LogP contribution in [0.4, 0.5) is 5.82 Å². The first kappa shape index (κ1) is 26.8. The number of amides is 1. The Kier molecular flexibility index (Phi) is 7.43. The molecule has 7 rings (SSSR count). The van der Waals surface area contributed by atoms with E-state index in [9.17, 15) is 4.79 Å². The van der Waals surface area contributed by atoms with Crippen LogP contribution in [-0.2, 0) is 6.54 Å². The Bertz CT molecular complexity index is 1580. The van der Waals surface area contributed by atoms with E-state index >= 15 is 0 Å². The predicted molar refractivity (Wildman–Crippen MR) is 166 cm³/mol. The van der Waals surface area contributed by atoms with Gasteiger partial charge in [0.25, 0.3) is 5.91 Å². The third-order valence-corrected chi connectivity index (χ3v) is 8.96. The number of anilines is 1. The zero-order valence-electron chi connectivity index (χ0n) is 24.3. The maximum absolute atomic E-state index is 14.5. The van der Waals surface area contributed by atoms with Crippen LogP contribution in [-0.4, -0.2) is 66.2 Å². The second kappa shape index (κ2) is 11.6. The summed E-state index contributed by atoms with van der Waals surface area (Å²) in [5, 5.41) is 0.890. The molecule has 0 N–H and O–H groups in total. The molecule has 0 bridgehead atoms. The molecule has 3 aromatic carbocycles. The fraction of sp³-hybridized carbons (Fsp3) is 0.371. The second-order valence-corrected chi connectivity index (χ2v) is 11.6. The molecule has 3 aliphatic heterocycles. The van der Waals surface area contributed by atoms with Gasteiger partial charge in [0.15, 0.2) is 11.5 Å². The van der Waals surface area contributed by atoms with Crippen molar-refractivity contribution >= 4 is 22.6 Å². The Morgan fingerprint density at radius 2 is 1.69 bits per heavy atom. The molecule has 4 heterocycles. The van der Waals surface area contributed by atoms with Gasteiger partial charge in [-0.3, -0.25) is 4.79 Å². The average Bonchev–Trinajstić information content (AvgIpc) is 3.82. The molecule has 0 spiro atoms. The van der Waals surface area contributed by atoms with Crippen LogP contribution in [0, 0.1) is 0 Å². The van der Waals surface area contributed by atoms with Gasteiger partial charge in [-0.05, 0) is 92.7 Å². The minimum Gasteiger partial charge on any atom is -0.454 e. The summed E-state index contributed by atoms with van der Waals surface area (Å²) in [6.45, 7) is 7.98. The van der Waals surface area contributed by atoms with Gasteiger partial charge in [0, 0.05) is 37.6 Å². The maximum Gasteiger partial charge on any atom is 0.254 e. The van der Waals surface area contributed by atoms with E-state index in [2.05, 4.69) is 64.1 Å². The van der Waals surface area contributed by atoms with Crippen molar-refractivity contribution in [1.82, 2.24) is 14.8 Å². The standard InChI is InChI=1S/C35H38N4O3/c1-2-38(22-25-9-4-3-5-10-25)34-21-30(35(40)39-18-8-11-28(39)23-37-16-6-7-17-37)29-19-26(12-14-31(29)36-34)27-13-15-32-33(20-27)42-24-41-32/h3-5,9-10,12-15,19-21,28H,2,6-8,11,16-18,22-24H2,1H3/t28-/m0/s1. The van der Waals surface area contributed by atoms with E-state index in [4.69, 9.17) is 14.5 Å². The fourth-order valence-electron chi connectivity index (χ4n) is 6.68. The summed E-state index contributed by atoms with van der Waals surface area (Å²) < 4.78 is 11.2. The maximum atomic E-state index is 14.5. The molecule has 216 valence electrons. The number of rotatable bonds is 8. The number of likely N-dealkylation sites (tertiary alicyclic amines) is 2. The van der Waals surface area contributed by atoms with Crippen LogP contribution in [0.2, 0.25) is 0 Å². The van der Waals surface area contributed by atoms with Crippen molar-refractivity contribution in [2.75, 3.05) is 44.4 Å². The molecule has 4 aromatic rings. The van der Waals surface area contributed by atoms with Gasteiger partial charge in [0.2, 0.25) is 6.79 Å². The number of carbonyl (C=O) groups excluding carboxylic acids is 1. The summed E-state index contributed by atoms with van der Waals surface area (Å²) in [6.07, 6.45) is 4.64. The molecule has 0 saturated carbocycles. The highest BCUT2D eigenvalue weighted by molar-refractivity contribution is 6.08. The number of benzene rings is 3. The molecule has 0 aliphatic carbocycles. The van der Waals surface area contributed by atoms with E-state index in [0.29, 0.717) is 0 Å². The van der Waals surface area contributed by atoms with E-state index in [1.54, 1.807) is 0 Å². The molecular formula is C35H38N4O3. The van der Waals surface area contributed by atoms with Gasteiger partial charge in [-0.15, -0.1) is 0 Å². The largest absolute Gasteiger partial charge is 0.454 e. The molecule has 2 saturated heterocycles. The van der Waals surface area contributed by atoms with Crippen LogP contribution < -0.4 is 14.4 Å². The monoisotopic (exact) mass is 562 g/mol. The first-order valence-electron chi connectivity index (χ1n) is 15.3. The lowest BCUT2D eigenvalue weighted by Gasteiger charge is -2.29. The number of ether oxygens (including phenoxy) is 2. The van der Waals surface area contributed by atoms with Crippen molar-refractivity contribution in [2.45, 2.75) is 45.2 Å². The van der Waals surface area contributed by atoms with Crippen molar-refractivity contribution < 1.29 is 14.3 Å². The van der Waals surface area contributed by atoms with Gasteiger partial charge >= 0.3 is 0 Å². The Morgan fingerprint density at radius 1 is 0.905 bits per heavy atom. The quantitative estimate of drug-likeness (QED) is 0.249. The number of hydrogen-bond donors (Lipinski definition) is 0. The van der Waals surface area contributed by atoms with E-state index in [1.165, 1.54) is 18.4 Å². The normalized spacial score (nSPS) is 18.2. The summed E-state index contributed by atoms with van der Waals surface area (Å²) in [5.74, 6) is 2.46. The van der Waals surface area contributed by atoms with E-state index < -0.39 is 0 Å². The zero-order chi connectivity index (χ0) is 28.5. The highest BCUT2D eigenvalue weighted by atomic mass is 16.7. The second-order valence-electron chi connectivity index (χ2n) is 11.6. The lowest BCUT2D eigenvalue weighted by Crippen LogP contribution is -2.42. The molecule has 2 fully saturated rings. The Hall–Kier alpha value is -4.10. The smallest absolute Gasteiger partial charge is 0.254 e. The highest BCUT2D eigenvalue weighted by Gasteiger charge is 2.33. The molecule has 7 nitrogen and oxygen atoms in total. The summed E-state index contributed by atoms with van der Waals surface area (Å²) >= 11 is 0. The summed E-state index contributed by atoms with van der Waals surface area (Å²) in [6, 6.07) is 25.0. The van der Waals surface area contributed by atoms with Crippen molar-refractivity contribution in [3.8, 4) is 22.6 Å². The predicted octanol–water partition coefficient (Wildman–Crippen LogP) is 6.36. The van der Waals surface area contributed by atoms with E-state index in [1.807, 2.05) is 30.3 Å². The summed E-state index contributed by atoms with van der Waals surface area (Å²) in [5.41, 5.74) is 4.84. The van der Waals surface area contributed by atoms with Crippen LogP contribution in [0.15, 0.2) is 72.8 Å². The van der Waals surface area contributed by atoms with Gasteiger partial charge < -0.3 is 24.2 Å². The van der Waals surface area contributed by atoms with Crippen molar-refractivity contribution in [3.05, 3.63) is 83.9 Å². The Morgan fingerprint density at radius 3 is 2.52 bits per heavy atom. The SMILES string of the molecule is CCN(Cc1ccccc1)c1cc(C(=O)N2CCC[C@H]2CN2CCCC2)c2cc(-c3ccc4c(c3)OCO4)ccc2n1. The molecule has 1 atom stereocenters. The van der Waals surface area contributed by atoms with Crippen LogP contribution in [0.25, 0.3) is 22.0 Å². The molecule has 7 heteroatoms. The lowest BCUT2D eigenvalue weighted by molar-refractivity contribution is 0.0710. The molecule has 0 unspecified atom stereocenters. The molecular weight excluding hydrogens is 524 g/mol. The average molecular weight is 563 g/mol. The number of fused-ring (bicyclic) bond motifs is 2. The van der Waals surface area contributed by atoms with Crippen LogP contribution >= 0.6 is 0 Å². The fourth-order valence-corrected chi connectivity index (χ4v) is 6.68. The Labute approximate surface area is 247 Å². The van der Waals surface area contributed by atoms with Gasteiger partial charge in [-0.2, -0.15) is 0 Å². The van der Waals surface area contributed by atoms with Gasteiger partial charge in [-0.25, -0.2) is 4.98 Å². The Balaban J connectivity index is 1.29. The third kappa shape index (κ3) is 5.29. The minimum atomic E-state index is 0.115. The first-order valence-corrected chi connectivity index (χ1v) is 15.3. The van der Waals surface area contributed by atoms with Crippen LogP contribution in [0.5, 0.6) is 11.5 Å². The molecule has 42 heavy (non-hydrogen) atoms. The molecule has 1 amide bonds. The van der Waals surface area contributed by atoms with Gasteiger partial charge in [0.05, 0.1) is 11.1 Å². The molecule has 1 aromatic heterocycles. The van der Waals surface area contributed by atoms with E-state index in [-0.39, 0.29) is 18.7 Å². The highest BCUT2D eigenvalue weighted by Crippen LogP contribution is 2.37. The first-order chi connectivity index (χ1) is 20.7. The van der Waals surface area contributed by atoms with E-state index in [0.717, 1.165) is 97.0 Å².